The van der Waals surface area contributed by atoms with Gasteiger partial charge in [0.2, 0.25) is 0 Å². The fourth-order valence-electron chi connectivity index (χ4n) is 1.71. The predicted molar refractivity (Wildman–Crippen MR) is 72.3 cm³/mol. The van der Waals surface area contributed by atoms with E-state index in [1.165, 1.54) is 6.08 Å². The molecule has 1 rings (SSSR count). The molecular formula is C15H26O3. The summed E-state index contributed by atoms with van der Waals surface area (Å²) in [5, 5.41) is 0. The van der Waals surface area contributed by atoms with Crippen molar-refractivity contribution in [3.05, 3.63) is 12.2 Å². The molecule has 0 radical (unpaired) electrons. The molecule has 1 atom stereocenters. The van der Waals surface area contributed by atoms with Crippen molar-refractivity contribution < 1.29 is 14.3 Å². The number of esters is 1. The van der Waals surface area contributed by atoms with Crippen LogP contribution in [0.4, 0.5) is 0 Å². The second kappa shape index (κ2) is 4.69. The Morgan fingerprint density at radius 2 is 1.67 bits per heavy atom. The van der Waals surface area contributed by atoms with Crippen LogP contribution in [-0.4, -0.2) is 24.3 Å². The molecule has 0 N–H and O–H groups in total. The van der Waals surface area contributed by atoms with Gasteiger partial charge in [-0.3, -0.25) is 0 Å². The molecule has 0 aromatic rings. The zero-order chi connectivity index (χ0) is 14.2. The van der Waals surface area contributed by atoms with Crippen LogP contribution in [0.5, 0.6) is 0 Å². The van der Waals surface area contributed by atoms with Crippen molar-refractivity contribution in [1.29, 1.82) is 0 Å². The number of hydrogen-bond donors (Lipinski definition) is 0. The van der Waals surface area contributed by atoms with Crippen LogP contribution >= 0.6 is 0 Å². The van der Waals surface area contributed by atoms with Gasteiger partial charge in [-0.15, -0.1) is 0 Å². The van der Waals surface area contributed by atoms with Gasteiger partial charge in [0.25, 0.3) is 0 Å². The van der Waals surface area contributed by atoms with Crippen molar-refractivity contribution in [2.45, 2.75) is 60.2 Å². The van der Waals surface area contributed by atoms with Gasteiger partial charge in [0.15, 0.2) is 0 Å². The first-order valence-electron chi connectivity index (χ1n) is 6.49. The monoisotopic (exact) mass is 254 g/mol. The number of hydrogen-bond acceptors (Lipinski definition) is 3. The predicted octanol–water partition coefficient (Wildman–Crippen LogP) is 3.34. The number of rotatable bonds is 4. The summed E-state index contributed by atoms with van der Waals surface area (Å²) < 4.78 is 10.7. The van der Waals surface area contributed by atoms with Crippen LogP contribution in [0.15, 0.2) is 12.2 Å². The Hall–Kier alpha value is -0.830. The first-order chi connectivity index (χ1) is 7.96. The maximum absolute atomic E-state index is 11.7. The summed E-state index contributed by atoms with van der Waals surface area (Å²) in [4.78, 5) is 11.7. The Kier molecular flexibility index (Phi) is 3.97. The molecule has 3 nitrogen and oxygen atoms in total. The van der Waals surface area contributed by atoms with E-state index in [4.69, 9.17) is 9.47 Å². The van der Waals surface area contributed by atoms with E-state index in [2.05, 4.69) is 27.7 Å². The lowest BCUT2D eigenvalue weighted by Crippen LogP contribution is -2.36. The molecule has 104 valence electrons. The minimum Gasteiger partial charge on any atom is -0.457 e. The lowest BCUT2D eigenvalue weighted by molar-refractivity contribution is -0.148. The molecule has 1 saturated heterocycles. The summed E-state index contributed by atoms with van der Waals surface area (Å²) in [6.45, 7) is 15.0. The normalized spacial score (nSPS) is 21.2. The zero-order valence-electron chi connectivity index (χ0n) is 12.7. The van der Waals surface area contributed by atoms with Crippen molar-refractivity contribution in [3.63, 3.8) is 0 Å². The first-order valence-corrected chi connectivity index (χ1v) is 6.49. The van der Waals surface area contributed by atoms with Gasteiger partial charge in [0.1, 0.15) is 5.60 Å². The van der Waals surface area contributed by atoms with E-state index in [9.17, 15) is 4.79 Å². The van der Waals surface area contributed by atoms with Gasteiger partial charge in [-0.25, -0.2) is 4.79 Å². The molecule has 0 aromatic heterocycles. The van der Waals surface area contributed by atoms with E-state index in [1.54, 1.807) is 0 Å². The number of carbonyl (C=O) groups is 1. The molecule has 0 aromatic carbocycles. The maximum atomic E-state index is 11.7. The van der Waals surface area contributed by atoms with Crippen LogP contribution in [0.25, 0.3) is 0 Å². The average Bonchev–Trinajstić information content (AvgIpc) is 2.94. The maximum Gasteiger partial charge on any atom is 0.330 e. The van der Waals surface area contributed by atoms with Crippen LogP contribution in [0.2, 0.25) is 0 Å². The molecule has 18 heavy (non-hydrogen) atoms. The van der Waals surface area contributed by atoms with Crippen LogP contribution in [-0.2, 0) is 14.3 Å². The first kappa shape index (κ1) is 15.2. The number of carbonyl (C=O) groups excluding carboxylic acids is 1. The second-order valence-corrected chi connectivity index (χ2v) is 7.13. The topological polar surface area (TPSA) is 38.8 Å². The van der Waals surface area contributed by atoms with Gasteiger partial charge in [-0.05, 0) is 26.2 Å². The quantitative estimate of drug-likeness (QED) is 0.439. The number of epoxide rings is 1. The van der Waals surface area contributed by atoms with Crippen LogP contribution < -0.4 is 0 Å². The molecule has 1 heterocycles. The van der Waals surface area contributed by atoms with Gasteiger partial charge in [-0.2, -0.15) is 0 Å². The highest BCUT2D eigenvalue weighted by atomic mass is 16.6. The molecule has 3 heteroatoms. The number of allylic oxidation sites excluding steroid dienone is 1. The smallest absolute Gasteiger partial charge is 0.330 e. The summed E-state index contributed by atoms with van der Waals surface area (Å²) in [7, 11) is 0. The van der Waals surface area contributed by atoms with E-state index in [-0.39, 0.29) is 22.9 Å². The highest BCUT2D eigenvalue weighted by Gasteiger charge is 2.48. The molecule has 0 spiro atoms. The largest absolute Gasteiger partial charge is 0.457 e. The van der Waals surface area contributed by atoms with Crippen molar-refractivity contribution in [1.82, 2.24) is 0 Å². The summed E-state index contributed by atoms with van der Waals surface area (Å²) in [6, 6.07) is 0. The third-order valence-corrected chi connectivity index (χ3v) is 3.84. The Morgan fingerprint density at radius 1 is 1.17 bits per heavy atom. The number of ether oxygens (including phenoxy) is 2. The lowest BCUT2D eigenvalue weighted by Gasteiger charge is -2.38. The molecule has 1 fully saturated rings. The van der Waals surface area contributed by atoms with E-state index >= 15 is 0 Å². The molecule has 0 saturated carbocycles. The van der Waals surface area contributed by atoms with Crippen LogP contribution in [0.1, 0.15) is 48.5 Å². The minimum absolute atomic E-state index is 0.00547. The summed E-state index contributed by atoms with van der Waals surface area (Å²) in [5.74, 6) is -0.289. The SMILES string of the molecule is CC(C)(C)OC(=O)/C=C/C(C)(C)C(C)(C)C1CO1. The van der Waals surface area contributed by atoms with Gasteiger partial charge >= 0.3 is 5.97 Å². The fourth-order valence-corrected chi connectivity index (χ4v) is 1.71. The zero-order valence-corrected chi connectivity index (χ0v) is 12.7. The van der Waals surface area contributed by atoms with Crippen molar-refractivity contribution >= 4 is 5.97 Å². The minimum atomic E-state index is -0.444. The Bertz CT molecular complexity index is 341. The lowest BCUT2D eigenvalue weighted by atomic mass is 9.66. The summed E-state index contributed by atoms with van der Waals surface area (Å²) in [6.07, 6.45) is 3.76. The van der Waals surface area contributed by atoms with Gasteiger partial charge < -0.3 is 9.47 Å². The van der Waals surface area contributed by atoms with E-state index in [0.29, 0.717) is 0 Å². The van der Waals surface area contributed by atoms with E-state index in [0.717, 1.165) is 6.61 Å². The van der Waals surface area contributed by atoms with Crippen LogP contribution in [0.3, 0.4) is 0 Å². The Morgan fingerprint density at radius 3 is 2.06 bits per heavy atom. The molecule has 1 aliphatic rings. The standard InChI is InChI=1S/C15H26O3/c1-13(2,3)18-12(16)8-9-14(4,5)15(6,7)11-10-17-11/h8-9,11H,10H2,1-7H3/b9-8+. The molecule has 0 amide bonds. The van der Waals surface area contributed by atoms with Crippen molar-refractivity contribution in [2.75, 3.05) is 6.61 Å². The molecule has 0 bridgehead atoms. The highest BCUT2D eigenvalue weighted by molar-refractivity contribution is 5.82. The molecule has 1 unspecified atom stereocenters. The molecule has 0 aliphatic carbocycles. The average molecular weight is 254 g/mol. The summed E-state index contributed by atoms with van der Waals surface area (Å²) in [5.41, 5.74) is -0.558. The van der Waals surface area contributed by atoms with Crippen LogP contribution in [0, 0.1) is 10.8 Å². The second-order valence-electron chi connectivity index (χ2n) is 7.13. The Balaban J connectivity index is 2.67. The summed E-state index contributed by atoms with van der Waals surface area (Å²) >= 11 is 0. The van der Waals surface area contributed by atoms with Crippen molar-refractivity contribution in [3.8, 4) is 0 Å². The van der Waals surface area contributed by atoms with E-state index in [1.807, 2.05) is 26.8 Å². The Labute approximate surface area is 111 Å². The molecular weight excluding hydrogens is 228 g/mol. The molecule has 1 aliphatic heterocycles. The van der Waals surface area contributed by atoms with Gasteiger partial charge in [0.05, 0.1) is 12.7 Å². The van der Waals surface area contributed by atoms with Gasteiger partial charge in [0, 0.05) is 11.5 Å². The fraction of sp³-hybridized carbons (Fsp3) is 0.800. The third kappa shape index (κ3) is 3.84. The van der Waals surface area contributed by atoms with Gasteiger partial charge in [-0.1, -0.05) is 33.8 Å². The third-order valence-electron chi connectivity index (χ3n) is 3.84. The highest BCUT2D eigenvalue weighted by Crippen LogP contribution is 2.47. The van der Waals surface area contributed by atoms with Crippen molar-refractivity contribution in [2.24, 2.45) is 10.8 Å². The van der Waals surface area contributed by atoms with E-state index < -0.39 is 5.60 Å².